The molecule has 0 saturated carbocycles. The maximum absolute atomic E-state index is 12.0. The molecule has 0 heterocycles. The fourth-order valence-electron chi connectivity index (χ4n) is 2.34. The van der Waals surface area contributed by atoms with E-state index >= 15 is 0 Å². The minimum atomic E-state index is -0.590. The fraction of sp³-hybridized carbons (Fsp3) is 0.263. The lowest BCUT2D eigenvalue weighted by atomic mass is 10.1. The van der Waals surface area contributed by atoms with Gasteiger partial charge in [-0.15, -0.1) is 0 Å². The number of rotatable bonds is 7. The second-order valence-corrected chi connectivity index (χ2v) is 5.62. The van der Waals surface area contributed by atoms with Crippen molar-refractivity contribution in [3.05, 3.63) is 64.7 Å². The molecule has 0 aromatic heterocycles. The third kappa shape index (κ3) is 5.53. The number of ether oxygens (including phenoxy) is 2. The second kappa shape index (κ2) is 8.73. The summed E-state index contributed by atoms with van der Waals surface area (Å²) in [6, 6.07) is 12.1. The topological polar surface area (TPSA) is 90.7 Å². The molecule has 0 aliphatic rings. The van der Waals surface area contributed by atoms with Gasteiger partial charge in [-0.1, -0.05) is 30.3 Å². The van der Waals surface area contributed by atoms with Crippen molar-refractivity contribution in [1.29, 1.82) is 0 Å². The Hall–Kier alpha value is -3.02. The van der Waals surface area contributed by atoms with Crippen molar-refractivity contribution >= 4 is 12.0 Å². The Bertz CT molecular complexity index is 721. The van der Waals surface area contributed by atoms with Crippen molar-refractivity contribution in [2.45, 2.75) is 20.4 Å². The third-order valence-corrected chi connectivity index (χ3v) is 3.63. The van der Waals surface area contributed by atoms with Crippen molar-refractivity contribution in [3.63, 3.8) is 0 Å². The molecule has 6 nitrogen and oxygen atoms in total. The highest BCUT2D eigenvalue weighted by Gasteiger charge is 2.08. The number of esters is 1. The number of carbonyl (C=O) groups is 2. The van der Waals surface area contributed by atoms with E-state index in [-0.39, 0.29) is 13.2 Å². The molecule has 0 atom stereocenters. The Balaban J connectivity index is 1.79. The molecule has 132 valence electrons. The number of nitrogens with two attached hydrogens (primary N) is 1. The first-order chi connectivity index (χ1) is 12.0. The van der Waals surface area contributed by atoms with Gasteiger partial charge in [0.2, 0.25) is 0 Å². The second-order valence-electron chi connectivity index (χ2n) is 5.62. The summed E-state index contributed by atoms with van der Waals surface area (Å²) < 4.78 is 10.9. The highest BCUT2D eigenvalue weighted by atomic mass is 16.6. The van der Waals surface area contributed by atoms with Gasteiger partial charge in [0, 0.05) is 6.54 Å². The summed E-state index contributed by atoms with van der Waals surface area (Å²) in [7, 11) is 0. The van der Waals surface area contributed by atoms with Crippen molar-refractivity contribution < 1.29 is 19.1 Å². The number of nitrogens with one attached hydrogen (secondary N) is 1. The maximum atomic E-state index is 12.0. The van der Waals surface area contributed by atoms with E-state index in [9.17, 15) is 9.59 Å². The van der Waals surface area contributed by atoms with E-state index in [0.29, 0.717) is 12.1 Å². The van der Waals surface area contributed by atoms with Crippen LogP contribution in [0, 0.1) is 13.8 Å². The molecule has 0 aliphatic carbocycles. The average molecular weight is 342 g/mol. The van der Waals surface area contributed by atoms with Gasteiger partial charge in [-0.25, -0.2) is 9.59 Å². The first kappa shape index (κ1) is 18.3. The number of benzene rings is 2. The number of amides is 2. The normalized spacial score (nSPS) is 10.2. The molecular formula is C19H22N2O4. The summed E-state index contributed by atoms with van der Waals surface area (Å²) in [6.07, 6.45) is 0. The average Bonchev–Trinajstić information content (AvgIpc) is 2.59. The van der Waals surface area contributed by atoms with Gasteiger partial charge >= 0.3 is 12.0 Å². The Morgan fingerprint density at radius 1 is 1.00 bits per heavy atom. The molecule has 25 heavy (non-hydrogen) atoms. The molecule has 0 aliphatic heterocycles. The quantitative estimate of drug-likeness (QED) is 0.598. The van der Waals surface area contributed by atoms with E-state index in [0.717, 1.165) is 22.4 Å². The van der Waals surface area contributed by atoms with Gasteiger partial charge in [0.05, 0.1) is 5.56 Å². The molecule has 6 heteroatoms. The Morgan fingerprint density at radius 3 is 2.24 bits per heavy atom. The van der Waals surface area contributed by atoms with E-state index in [1.54, 1.807) is 24.3 Å². The number of hydrogen-bond donors (Lipinski definition) is 2. The highest BCUT2D eigenvalue weighted by molar-refractivity contribution is 5.89. The number of hydrogen-bond acceptors (Lipinski definition) is 4. The van der Waals surface area contributed by atoms with Gasteiger partial charge in [-0.2, -0.15) is 0 Å². The molecule has 2 aromatic carbocycles. The lowest BCUT2D eigenvalue weighted by molar-refractivity contribution is 0.0450. The van der Waals surface area contributed by atoms with Crippen molar-refractivity contribution in [1.82, 2.24) is 5.32 Å². The largest absolute Gasteiger partial charge is 0.489 e. The molecule has 0 fully saturated rings. The summed E-state index contributed by atoms with van der Waals surface area (Å²) in [6.45, 7) is 4.72. The molecule has 0 saturated heterocycles. The van der Waals surface area contributed by atoms with Crippen LogP contribution in [-0.2, 0) is 11.3 Å². The Labute approximate surface area is 146 Å². The number of urea groups is 1. The highest BCUT2D eigenvalue weighted by Crippen LogP contribution is 2.22. The maximum Gasteiger partial charge on any atom is 0.338 e. The summed E-state index contributed by atoms with van der Waals surface area (Å²) in [5.74, 6) is 0.407. The summed E-state index contributed by atoms with van der Waals surface area (Å²) in [5, 5.41) is 2.48. The molecule has 3 N–H and O–H groups in total. The van der Waals surface area contributed by atoms with Crippen LogP contribution < -0.4 is 15.8 Å². The molecule has 2 rings (SSSR count). The first-order valence-corrected chi connectivity index (χ1v) is 7.96. The summed E-state index contributed by atoms with van der Waals surface area (Å²) in [4.78, 5) is 22.7. The van der Waals surface area contributed by atoms with Crippen LogP contribution >= 0.6 is 0 Å². The van der Waals surface area contributed by atoms with Gasteiger partial charge in [0.25, 0.3) is 0 Å². The van der Waals surface area contributed by atoms with Crippen LogP contribution in [0.15, 0.2) is 42.5 Å². The monoisotopic (exact) mass is 342 g/mol. The van der Waals surface area contributed by atoms with Gasteiger partial charge in [-0.05, 0) is 42.7 Å². The lowest BCUT2D eigenvalue weighted by Gasteiger charge is -2.12. The van der Waals surface area contributed by atoms with Crippen LogP contribution in [0.3, 0.4) is 0 Å². The number of carbonyl (C=O) groups excluding carboxylic acids is 2. The van der Waals surface area contributed by atoms with Crippen LogP contribution in [0.25, 0.3) is 0 Å². The van der Waals surface area contributed by atoms with Crippen LogP contribution in [0.5, 0.6) is 5.75 Å². The molecule has 2 amide bonds. The van der Waals surface area contributed by atoms with Crippen molar-refractivity contribution in [2.24, 2.45) is 5.73 Å². The zero-order valence-corrected chi connectivity index (χ0v) is 14.4. The predicted octanol–water partition coefficient (Wildman–Crippen LogP) is 2.71. The minimum absolute atomic E-state index is 0.164. The van der Waals surface area contributed by atoms with E-state index in [4.69, 9.17) is 15.2 Å². The van der Waals surface area contributed by atoms with Gasteiger partial charge in [-0.3, -0.25) is 0 Å². The Morgan fingerprint density at radius 2 is 1.64 bits per heavy atom. The minimum Gasteiger partial charge on any atom is -0.489 e. The fourth-order valence-corrected chi connectivity index (χ4v) is 2.34. The number of primary amides is 1. The van der Waals surface area contributed by atoms with Crippen LogP contribution in [0.1, 0.15) is 27.0 Å². The molecular weight excluding hydrogens is 320 g/mol. The molecule has 0 radical (unpaired) electrons. The SMILES string of the molecule is Cc1cccc(C)c1OCCOC(=O)c1ccc(CNC(N)=O)cc1. The van der Waals surface area contributed by atoms with Gasteiger partial charge < -0.3 is 20.5 Å². The summed E-state index contributed by atoms with van der Waals surface area (Å²) in [5.41, 5.74) is 8.39. The number of para-hydroxylation sites is 1. The van der Waals surface area contributed by atoms with Crippen molar-refractivity contribution in [3.8, 4) is 5.75 Å². The van der Waals surface area contributed by atoms with Crippen LogP contribution in [-0.4, -0.2) is 25.2 Å². The Kier molecular flexibility index (Phi) is 6.39. The van der Waals surface area contributed by atoms with Gasteiger partial charge in [0.1, 0.15) is 19.0 Å². The van der Waals surface area contributed by atoms with Crippen LogP contribution in [0.2, 0.25) is 0 Å². The lowest BCUT2D eigenvalue weighted by Crippen LogP contribution is -2.28. The number of aryl methyl sites for hydroxylation is 2. The molecule has 0 unspecified atom stereocenters. The molecule has 0 bridgehead atoms. The van der Waals surface area contributed by atoms with Gasteiger partial charge in [0.15, 0.2) is 0 Å². The smallest absolute Gasteiger partial charge is 0.338 e. The standard InChI is InChI=1S/C19H22N2O4/c1-13-4-3-5-14(2)17(13)24-10-11-25-18(22)16-8-6-15(7-9-16)12-21-19(20)23/h3-9H,10-12H2,1-2H3,(H3,20,21,23). The first-order valence-electron chi connectivity index (χ1n) is 7.96. The molecule has 0 spiro atoms. The summed E-state index contributed by atoms with van der Waals surface area (Å²) >= 11 is 0. The zero-order valence-electron chi connectivity index (χ0n) is 14.4. The van der Waals surface area contributed by atoms with Crippen LogP contribution in [0.4, 0.5) is 4.79 Å². The van der Waals surface area contributed by atoms with Crippen molar-refractivity contribution in [2.75, 3.05) is 13.2 Å². The van der Waals surface area contributed by atoms with E-state index < -0.39 is 12.0 Å². The van der Waals surface area contributed by atoms with E-state index in [1.165, 1.54) is 0 Å². The molecule has 2 aromatic rings. The third-order valence-electron chi connectivity index (χ3n) is 3.63. The predicted molar refractivity (Wildman–Crippen MR) is 94.6 cm³/mol. The van der Waals surface area contributed by atoms with E-state index in [2.05, 4.69) is 5.32 Å². The van der Waals surface area contributed by atoms with E-state index in [1.807, 2.05) is 32.0 Å². The zero-order chi connectivity index (χ0) is 18.2.